The van der Waals surface area contributed by atoms with E-state index in [1.54, 1.807) is 0 Å². The Balaban J connectivity index is 1.76. The summed E-state index contributed by atoms with van der Waals surface area (Å²) < 4.78 is 0. The van der Waals surface area contributed by atoms with Gasteiger partial charge < -0.3 is 4.90 Å². The Morgan fingerprint density at radius 3 is 2.81 bits per heavy atom. The molecule has 1 aromatic rings. The van der Waals surface area contributed by atoms with Gasteiger partial charge in [0.2, 0.25) is 5.91 Å². The quantitative estimate of drug-likeness (QED) is 0.899. The number of carbonyl (C=O) groups is 1. The fourth-order valence-electron chi connectivity index (χ4n) is 3.27. The molecule has 2 aliphatic rings. The first kappa shape index (κ1) is 14.9. The third-order valence-corrected chi connectivity index (χ3v) is 5.06. The number of halogens is 1. The zero-order valence-electron chi connectivity index (χ0n) is 12.5. The third-order valence-electron chi connectivity index (χ3n) is 4.83. The summed E-state index contributed by atoms with van der Waals surface area (Å²) in [6.07, 6.45) is 5.94. The summed E-state index contributed by atoms with van der Waals surface area (Å²) in [5.41, 5.74) is 1.08. The van der Waals surface area contributed by atoms with Crippen LogP contribution in [-0.4, -0.2) is 23.4 Å². The predicted molar refractivity (Wildman–Crippen MR) is 85.1 cm³/mol. The van der Waals surface area contributed by atoms with Gasteiger partial charge in [-0.15, -0.1) is 0 Å². The second-order valence-electron chi connectivity index (χ2n) is 6.20. The Kier molecular flexibility index (Phi) is 4.51. The summed E-state index contributed by atoms with van der Waals surface area (Å²) in [4.78, 5) is 14.6. The van der Waals surface area contributed by atoms with Crippen LogP contribution in [-0.2, 0) is 4.79 Å². The minimum absolute atomic E-state index is 0.0266. The van der Waals surface area contributed by atoms with Gasteiger partial charge in [-0.1, -0.05) is 49.9 Å². The van der Waals surface area contributed by atoms with Gasteiger partial charge in [-0.3, -0.25) is 10.1 Å². The number of hydrogen-bond acceptors (Lipinski definition) is 2. The number of hydrogen-bond donors (Lipinski definition) is 1. The highest BCUT2D eigenvalue weighted by molar-refractivity contribution is 6.30. The molecular formula is C17H23ClN2O. The Labute approximate surface area is 131 Å². The van der Waals surface area contributed by atoms with E-state index in [9.17, 15) is 4.79 Å². The van der Waals surface area contributed by atoms with Crippen molar-refractivity contribution >= 4 is 17.5 Å². The lowest BCUT2D eigenvalue weighted by Gasteiger charge is -2.30. The van der Waals surface area contributed by atoms with E-state index in [1.807, 2.05) is 29.2 Å². The second kappa shape index (κ2) is 6.37. The fraction of sp³-hybridized carbons (Fsp3) is 0.588. The highest BCUT2D eigenvalue weighted by atomic mass is 35.5. The number of benzene rings is 1. The van der Waals surface area contributed by atoms with Crippen molar-refractivity contribution in [2.24, 2.45) is 5.92 Å². The van der Waals surface area contributed by atoms with Crippen molar-refractivity contribution in [3.8, 4) is 0 Å². The molecule has 4 heteroatoms. The molecule has 21 heavy (non-hydrogen) atoms. The molecule has 0 radical (unpaired) electrons. The van der Waals surface area contributed by atoms with Gasteiger partial charge in [-0.2, -0.15) is 0 Å². The maximum atomic E-state index is 12.6. The maximum absolute atomic E-state index is 12.6. The summed E-state index contributed by atoms with van der Waals surface area (Å²) in [5.74, 6) is 1.06. The first-order valence-corrected chi connectivity index (χ1v) is 8.39. The van der Waals surface area contributed by atoms with Crippen molar-refractivity contribution in [1.82, 2.24) is 10.2 Å². The minimum Gasteiger partial charge on any atom is -0.322 e. The van der Waals surface area contributed by atoms with E-state index in [2.05, 4.69) is 12.2 Å². The first-order chi connectivity index (χ1) is 10.2. The Morgan fingerprint density at radius 2 is 2.19 bits per heavy atom. The van der Waals surface area contributed by atoms with Crippen molar-refractivity contribution in [2.75, 3.05) is 6.54 Å². The Morgan fingerprint density at radius 1 is 1.38 bits per heavy atom. The van der Waals surface area contributed by atoms with E-state index in [0.29, 0.717) is 0 Å². The van der Waals surface area contributed by atoms with E-state index in [0.717, 1.165) is 35.9 Å². The minimum atomic E-state index is -0.0598. The van der Waals surface area contributed by atoms with Gasteiger partial charge in [-0.25, -0.2) is 0 Å². The monoisotopic (exact) mass is 306 g/mol. The molecule has 2 unspecified atom stereocenters. The Hall–Kier alpha value is -1.06. The van der Waals surface area contributed by atoms with Crippen LogP contribution in [0, 0.1) is 5.92 Å². The van der Waals surface area contributed by atoms with Crippen molar-refractivity contribution < 1.29 is 4.79 Å². The number of nitrogens with one attached hydrogen (secondary N) is 1. The average Bonchev–Trinajstić information content (AvgIpc) is 2.74. The van der Waals surface area contributed by atoms with Gasteiger partial charge in [0.05, 0.1) is 6.04 Å². The van der Waals surface area contributed by atoms with Crippen LogP contribution >= 0.6 is 11.6 Å². The summed E-state index contributed by atoms with van der Waals surface area (Å²) >= 11 is 6.11. The summed E-state index contributed by atoms with van der Waals surface area (Å²) in [6, 6.07) is 7.77. The van der Waals surface area contributed by atoms with Crippen LogP contribution in [0.25, 0.3) is 0 Å². The average molecular weight is 307 g/mol. The number of amides is 1. The van der Waals surface area contributed by atoms with Crippen LogP contribution in [0.2, 0.25) is 5.02 Å². The molecule has 2 fully saturated rings. The molecular weight excluding hydrogens is 284 g/mol. The van der Waals surface area contributed by atoms with Gasteiger partial charge in [0.15, 0.2) is 0 Å². The maximum Gasteiger partial charge on any atom is 0.241 e. The van der Waals surface area contributed by atoms with Crippen LogP contribution in [0.3, 0.4) is 0 Å². The van der Waals surface area contributed by atoms with Gasteiger partial charge in [0.1, 0.15) is 6.17 Å². The molecule has 1 aliphatic heterocycles. The van der Waals surface area contributed by atoms with Crippen molar-refractivity contribution in [2.45, 2.75) is 51.2 Å². The first-order valence-electron chi connectivity index (χ1n) is 8.01. The molecule has 0 bridgehead atoms. The molecule has 1 aliphatic carbocycles. The summed E-state index contributed by atoms with van der Waals surface area (Å²) in [5, 5.41) is 4.18. The van der Waals surface area contributed by atoms with Crippen molar-refractivity contribution in [1.29, 1.82) is 0 Å². The number of nitrogens with zero attached hydrogens (tertiary/aromatic N) is 1. The molecule has 1 aromatic carbocycles. The van der Waals surface area contributed by atoms with E-state index in [4.69, 9.17) is 11.6 Å². The zero-order valence-corrected chi connectivity index (χ0v) is 13.3. The molecule has 1 heterocycles. The second-order valence-corrected chi connectivity index (χ2v) is 6.64. The smallest absolute Gasteiger partial charge is 0.241 e. The van der Waals surface area contributed by atoms with Crippen molar-refractivity contribution in [3.05, 3.63) is 34.9 Å². The molecule has 0 spiro atoms. The molecule has 114 valence electrons. The zero-order chi connectivity index (χ0) is 14.8. The van der Waals surface area contributed by atoms with E-state index in [1.165, 1.54) is 19.3 Å². The van der Waals surface area contributed by atoms with Crippen LogP contribution in [0.5, 0.6) is 0 Å². The van der Waals surface area contributed by atoms with Crippen LogP contribution in [0.4, 0.5) is 0 Å². The number of rotatable bonds is 5. The van der Waals surface area contributed by atoms with E-state index in [-0.39, 0.29) is 18.1 Å². The lowest BCUT2D eigenvalue weighted by Crippen LogP contribution is -2.33. The summed E-state index contributed by atoms with van der Waals surface area (Å²) in [6.45, 7) is 2.91. The van der Waals surface area contributed by atoms with Crippen LogP contribution < -0.4 is 5.32 Å². The van der Waals surface area contributed by atoms with Crippen LogP contribution in [0.1, 0.15) is 50.8 Å². The normalized spacial score (nSPS) is 26.2. The molecule has 3 rings (SSSR count). The Bertz CT molecular complexity index is 515. The lowest BCUT2D eigenvalue weighted by atomic mass is 9.83. The largest absolute Gasteiger partial charge is 0.322 e. The highest BCUT2D eigenvalue weighted by Gasteiger charge is 2.38. The SMILES string of the molecule is CCC1NC(c2cccc(Cl)c2)N(CCC2CCC2)C1=O. The molecule has 2 atom stereocenters. The van der Waals surface area contributed by atoms with Crippen LogP contribution in [0.15, 0.2) is 24.3 Å². The molecule has 1 saturated heterocycles. The molecule has 1 amide bonds. The molecule has 0 aromatic heterocycles. The van der Waals surface area contributed by atoms with Gasteiger partial charge in [0.25, 0.3) is 0 Å². The van der Waals surface area contributed by atoms with Gasteiger partial charge in [-0.05, 0) is 36.5 Å². The molecule has 3 nitrogen and oxygen atoms in total. The summed E-state index contributed by atoms with van der Waals surface area (Å²) in [7, 11) is 0. The van der Waals surface area contributed by atoms with Crippen molar-refractivity contribution in [3.63, 3.8) is 0 Å². The topological polar surface area (TPSA) is 32.3 Å². The highest BCUT2D eigenvalue weighted by Crippen LogP contribution is 2.33. The van der Waals surface area contributed by atoms with Gasteiger partial charge in [0, 0.05) is 11.6 Å². The van der Waals surface area contributed by atoms with E-state index < -0.39 is 0 Å². The standard InChI is InChI=1S/C17H23ClN2O/c1-2-15-17(21)20(10-9-12-5-3-6-12)16(19-15)13-7-4-8-14(18)11-13/h4,7-8,11-12,15-16,19H,2-3,5-6,9-10H2,1H3. The third kappa shape index (κ3) is 3.09. The van der Waals surface area contributed by atoms with E-state index >= 15 is 0 Å². The fourth-order valence-corrected chi connectivity index (χ4v) is 3.47. The molecule has 1 saturated carbocycles. The number of carbonyl (C=O) groups excluding carboxylic acids is 1. The van der Waals surface area contributed by atoms with Gasteiger partial charge >= 0.3 is 0 Å². The predicted octanol–water partition coefficient (Wildman–Crippen LogP) is 3.74. The molecule has 1 N–H and O–H groups in total. The lowest BCUT2D eigenvalue weighted by molar-refractivity contribution is -0.130.